The van der Waals surface area contributed by atoms with Crippen molar-refractivity contribution in [1.82, 2.24) is 83.4 Å². The first-order chi connectivity index (χ1) is 68.4. The maximum Gasteiger partial charge on any atom is 0.349 e. The van der Waals surface area contributed by atoms with E-state index in [2.05, 4.69) is 256 Å². The van der Waals surface area contributed by atoms with Crippen LogP contribution in [0.1, 0.15) is 119 Å². The first-order valence-electron chi connectivity index (χ1n) is 47.7. The van der Waals surface area contributed by atoms with Crippen LogP contribution in [0, 0.1) is 95.8 Å². The highest BCUT2D eigenvalue weighted by Crippen LogP contribution is 2.40. The Balaban J connectivity index is 0.000000128. The van der Waals surface area contributed by atoms with E-state index >= 15 is 0 Å². The van der Waals surface area contributed by atoms with Gasteiger partial charge in [-0.3, -0.25) is 38.9 Å². The van der Waals surface area contributed by atoms with Crippen molar-refractivity contribution in [2.75, 3.05) is 37.0 Å². The fourth-order valence-corrected chi connectivity index (χ4v) is 17.9. The van der Waals surface area contributed by atoms with E-state index in [4.69, 9.17) is 5.73 Å². The molecule has 2 aromatic heterocycles. The highest BCUT2D eigenvalue weighted by Gasteiger charge is 2.31. The molecule has 8 aliphatic rings. The summed E-state index contributed by atoms with van der Waals surface area (Å²) in [4.78, 5) is 160. The van der Waals surface area contributed by atoms with Gasteiger partial charge in [-0.05, 0) is 311 Å². The van der Waals surface area contributed by atoms with E-state index in [1.807, 2.05) is 134 Å². The smallest absolute Gasteiger partial charge is 0.326 e. The number of rotatable bonds is 21. The molecule has 10 aromatic carbocycles. The molecular weight excluding hydrogens is 1800 g/mol. The molecule has 12 aromatic rings. The van der Waals surface area contributed by atoms with Gasteiger partial charge in [0.2, 0.25) is 0 Å². The maximum absolute atomic E-state index is 13.8. The summed E-state index contributed by atoms with van der Waals surface area (Å²) in [5, 5.41) is 0.644. The van der Waals surface area contributed by atoms with Gasteiger partial charge in [-0.25, -0.2) is 53.7 Å². The lowest BCUT2D eigenvalue weighted by atomic mass is 10.0. The van der Waals surface area contributed by atoms with Crippen LogP contribution in [0.5, 0.6) is 0 Å². The molecule has 0 spiro atoms. The molecule has 0 aliphatic carbocycles. The number of anilines is 4. The molecule has 0 saturated carbocycles. The third-order valence-corrected chi connectivity index (χ3v) is 26.4. The third kappa shape index (κ3) is 22.7. The second kappa shape index (κ2) is 42.7. The molecule has 2 unspecified atom stereocenters. The monoisotopic (exact) mass is 1910 g/mol. The molecule has 0 bridgehead atoms. The number of halogens is 1. The van der Waals surface area contributed by atoms with Gasteiger partial charge in [0.15, 0.2) is 56.9 Å². The van der Waals surface area contributed by atoms with E-state index < -0.39 is 33.7 Å². The molecule has 8 aliphatic heterocycles. The molecule has 31 heteroatoms. The van der Waals surface area contributed by atoms with Crippen molar-refractivity contribution in [2.45, 2.75) is 173 Å². The molecule has 0 saturated heterocycles. The predicted molar refractivity (Wildman–Crippen MR) is 563 cm³/mol. The molecule has 2 atom stereocenters. The average molecular weight is 1920 g/mol. The van der Waals surface area contributed by atoms with E-state index in [0.717, 1.165) is 144 Å². The minimum Gasteiger partial charge on any atom is -0.326 e. The Labute approximate surface area is 823 Å². The van der Waals surface area contributed by atoms with E-state index in [-0.39, 0.29) is 51.9 Å². The van der Waals surface area contributed by atoms with E-state index in [0.29, 0.717) is 102 Å². The van der Waals surface area contributed by atoms with Gasteiger partial charge < -0.3 is 44.1 Å². The number of nitrogens with zero attached hydrogens (tertiary/aromatic N) is 16. The first-order valence-corrected chi connectivity index (χ1v) is 47.7. The summed E-state index contributed by atoms with van der Waals surface area (Å²) in [6.07, 6.45) is 6.48. The van der Waals surface area contributed by atoms with Crippen LogP contribution in [0.15, 0.2) is 236 Å². The summed E-state index contributed by atoms with van der Waals surface area (Å²) < 4.78 is 19.6. The molecule has 10 heterocycles. The standard InChI is InChI=1S/C24H27N5O.C22H21FN4O2.C22H23N5O.2C22H22N4O2/c1-15-11-20-21(12-16(15)2)29(23-22(27-20)24(30)26-17(3)25-23)14-19(28(4)5)13-18-9-7-6-8-10-18;1-12-6-7-15(11-16(12)23)5-4-8-27-18-10-14(3)13(2)9-17(18)24-19-20(27)25-22(29)26-21(19)28;1-13-9-18-19(10-14(13)2)27(12-17(23)11-16-7-5-4-6-8-16)21-20(26-18)22(28)25-15(3)24-21;1-13-6-4-7-16(10-13)8-5-9-26-18-12-15(3)14(2)11-17(18)23-19-20(26)24-22(28)25-21(19)27;1-13-6-8-16(9-7-13)5-4-10-26-18-12-15(3)14(2)11-17(18)23-19-20(26)24-22(28)25-21(19)27/h6-12,19H,3,13-14H2,1-2,4-5H3,(H,26,30);6-7,9-11H,4-5,8H2,1-3H3,(H,26,28,29);4-10,17H,3,11-12,23H2,1-2H3,(H,25,28);4,6-7,10-12H,5,8-9H2,1-3H3,(H,25,27,28);6-9,11-12H,4-5,10H2,1-3H3,(H,25,27,28). The summed E-state index contributed by atoms with van der Waals surface area (Å²) in [5.41, 5.74) is 32.0. The van der Waals surface area contributed by atoms with Crippen LogP contribution >= 0.6 is 0 Å². The number of benzene rings is 10. The van der Waals surface area contributed by atoms with E-state index in [1.54, 1.807) is 19.1 Å². The number of nitrogens with one attached hydrogen (secondary N) is 5. The zero-order chi connectivity index (χ0) is 102. The molecule has 20 rings (SSSR count). The van der Waals surface area contributed by atoms with Gasteiger partial charge in [-0.2, -0.15) is 15.0 Å². The Hall–Kier alpha value is -16.4. The van der Waals surface area contributed by atoms with E-state index in [9.17, 15) is 42.7 Å². The number of aromatic nitrogens is 16. The highest BCUT2D eigenvalue weighted by molar-refractivity contribution is 5.84. The molecular formula is C112H115FN22O8. The Morgan fingerprint density at radius 1 is 0.350 bits per heavy atom. The second-order valence-electron chi connectivity index (χ2n) is 37.5. The van der Waals surface area contributed by atoms with Crippen molar-refractivity contribution >= 4 is 80.6 Å². The lowest BCUT2D eigenvalue weighted by Crippen LogP contribution is -2.47. The molecule has 728 valence electrons. The van der Waals surface area contributed by atoms with Gasteiger partial charge in [0, 0.05) is 44.8 Å². The fraction of sp³-hybridized carbons (Fsp3) is 0.268. The van der Waals surface area contributed by atoms with Crippen molar-refractivity contribution in [3.05, 3.63) is 399 Å². The molecule has 30 nitrogen and oxygen atoms in total. The van der Waals surface area contributed by atoms with E-state index in [1.165, 1.54) is 38.9 Å². The van der Waals surface area contributed by atoms with Gasteiger partial charge in [-0.1, -0.05) is 146 Å². The zero-order valence-electron chi connectivity index (χ0n) is 83.0. The highest BCUT2D eigenvalue weighted by atomic mass is 19.1. The second-order valence-corrected chi connectivity index (χ2v) is 37.5. The first kappa shape index (κ1) is 99.6. The molecule has 0 radical (unpaired) electrons. The fourth-order valence-electron chi connectivity index (χ4n) is 17.9. The number of fused-ring (bicyclic) bond motifs is 10. The van der Waals surface area contributed by atoms with Crippen LogP contribution < -0.4 is 82.1 Å². The van der Waals surface area contributed by atoms with Gasteiger partial charge in [0.25, 0.3) is 27.8 Å². The summed E-state index contributed by atoms with van der Waals surface area (Å²) in [5.74, 6) is 1.81. The quantitative estimate of drug-likeness (QED) is 0.0364. The SMILES string of the molecule is C=c1nc2c(c(=O)[nH]1)=Nc1cc(C)c(C)cc1N2CC(Cc1ccccc1)N(C)C.C=c1nc2c(c(=O)[nH]1)=Nc1cc(C)c(C)cc1N2CC(N)Cc1ccccc1.Cc1cc2nc3c(=O)[nH]c(=O)nc-3n(CCCc3ccc(C)c(F)c3)c2cc1C.Cc1ccc(CCCn2c3nc(=O)[nH]c(=O)c-3nc3cc(C)c(C)cc32)cc1.Cc1cccc(CCCn2c3nc(=O)[nH]c(=O)c-3nc3cc(C)c(C)cc32)c1. The van der Waals surface area contributed by atoms with Crippen LogP contribution in [0.3, 0.4) is 0 Å². The minimum absolute atomic E-state index is 0.140. The van der Waals surface area contributed by atoms with Gasteiger partial charge in [0.05, 0.1) is 55.8 Å². The van der Waals surface area contributed by atoms with Crippen LogP contribution in [0.2, 0.25) is 0 Å². The van der Waals surface area contributed by atoms with Crippen molar-refractivity contribution in [2.24, 2.45) is 15.7 Å². The van der Waals surface area contributed by atoms with Crippen LogP contribution in [-0.2, 0) is 51.7 Å². The van der Waals surface area contributed by atoms with Gasteiger partial charge >= 0.3 is 17.1 Å². The topological polar surface area (TPSA) is 394 Å². The number of hydrogen-bond acceptors (Lipinski definition) is 22. The van der Waals surface area contributed by atoms with Gasteiger partial charge in [0.1, 0.15) is 16.8 Å². The zero-order valence-corrected chi connectivity index (χ0v) is 83.0. The number of aromatic amines is 5. The summed E-state index contributed by atoms with van der Waals surface area (Å²) in [7, 11) is 4.17. The number of H-pyrrole nitrogens is 5. The number of likely N-dealkylation sites (N-methyl/N-ethyl adjacent to an activating group) is 1. The minimum atomic E-state index is -0.693. The van der Waals surface area contributed by atoms with Crippen LogP contribution in [-0.4, -0.2) is 123 Å². The molecule has 0 fully saturated rings. The van der Waals surface area contributed by atoms with Crippen LogP contribution in [0.25, 0.3) is 80.8 Å². The third-order valence-electron chi connectivity index (χ3n) is 26.4. The lowest BCUT2D eigenvalue weighted by Gasteiger charge is -2.34. The maximum atomic E-state index is 13.8. The Kier molecular flexibility index (Phi) is 29.8. The largest absolute Gasteiger partial charge is 0.349 e. The Bertz CT molecular complexity index is 8610. The summed E-state index contributed by atoms with van der Waals surface area (Å²) in [6, 6.07) is 63.1. The number of aryl methyl sites for hydroxylation is 19. The summed E-state index contributed by atoms with van der Waals surface area (Å²) >= 11 is 0. The van der Waals surface area contributed by atoms with Crippen LogP contribution in [0.4, 0.5) is 38.8 Å². The van der Waals surface area contributed by atoms with Crippen molar-refractivity contribution in [3.8, 4) is 34.6 Å². The average Bonchev–Trinajstić information content (AvgIpc) is 0.774. The van der Waals surface area contributed by atoms with Crippen molar-refractivity contribution in [1.29, 1.82) is 0 Å². The Morgan fingerprint density at radius 3 is 1.12 bits per heavy atom. The Morgan fingerprint density at radius 2 is 0.713 bits per heavy atom. The molecule has 0 amide bonds. The number of nitrogens with two attached hydrogens (primary N) is 1. The number of hydrogen-bond donors (Lipinski definition) is 6. The van der Waals surface area contributed by atoms with Gasteiger partial charge in [-0.15, -0.1) is 0 Å². The van der Waals surface area contributed by atoms with Crippen molar-refractivity contribution < 1.29 is 4.39 Å². The lowest BCUT2D eigenvalue weighted by molar-refractivity contribution is 0.296. The molecule has 143 heavy (non-hydrogen) atoms. The molecule has 7 N–H and O–H groups in total. The van der Waals surface area contributed by atoms with Crippen molar-refractivity contribution in [3.63, 3.8) is 0 Å². The predicted octanol–water partition coefficient (Wildman–Crippen LogP) is 13.7. The normalized spacial score (nSPS) is 12.3. The summed E-state index contributed by atoms with van der Waals surface area (Å²) in [6.45, 7) is 36.9.